The van der Waals surface area contributed by atoms with Crippen molar-refractivity contribution in [3.63, 3.8) is 0 Å². The van der Waals surface area contributed by atoms with Crippen LogP contribution in [0.5, 0.6) is 0 Å². The number of nitriles is 1. The molecule has 1 heterocycles. The van der Waals surface area contributed by atoms with Gasteiger partial charge in [-0.2, -0.15) is 10.4 Å². The van der Waals surface area contributed by atoms with Crippen LogP contribution in [0.2, 0.25) is 0 Å². The molecule has 0 saturated heterocycles. The van der Waals surface area contributed by atoms with E-state index in [4.69, 9.17) is 5.26 Å². The van der Waals surface area contributed by atoms with E-state index in [0.29, 0.717) is 5.56 Å². The standard InChI is InChI=1S/C10H13N3O/c1-7(5-11)4-10(14)9-6-12-13(3)8(9)2/h6-7H,4H2,1-3H3. The fourth-order valence-electron chi connectivity index (χ4n) is 1.21. The number of carbonyl (C=O) groups excluding carboxylic acids is 1. The minimum Gasteiger partial charge on any atom is -0.294 e. The Hall–Kier alpha value is -1.63. The van der Waals surface area contributed by atoms with Gasteiger partial charge >= 0.3 is 0 Å². The molecule has 0 N–H and O–H groups in total. The molecule has 0 aliphatic heterocycles. The van der Waals surface area contributed by atoms with Crippen molar-refractivity contribution in [2.75, 3.05) is 0 Å². The van der Waals surface area contributed by atoms with Gasteiger partial charge in [-0.3, -0.25) is 9.48 Å². The molecule has 1 atom stereocenters. The molecule has 0 spiro atoms. The molecule has 0 aromatic carbocycles. The molecule has 1 aromatic rings. The molecule has 0 bridgehead atoms. The lowest BCUT2D eigenvalue weighted by molar-refractivity contribution is 0.0972. The van der Waals surface area contributed by atoms with E-state index < -0.39 is 0 Å². The van der Waals surface area contributed by atoms with Gasteiger partial charge in [0.25, 0.3) is 0 Å². The third-order valence-electron chi connectivity index (χ3n) is 2.25. The zero-order chi connectivity index (χ0) is 10.7. The molecule has 4 heteroatoms. The molecule has 74 valence electrons. The van der Waals surface area contributed by atoms with Crippen LogP contribution < -0.4 is 0 Å². The summed E-state index contributed by atoms with van der Waals surface area (Å²) in [4.78, 5) is 11.6. The van der Waals surface area contributed by atoms with Gasteiger partial charge in [-0.05, 0) is 13.8 Å². The monoisotopic (exact) mass is 191 g/mol. The molecule has 0 aliphatic carbocycles. The Labute approximate surface area is 83.1 Å². The van der Waals surface area contributed by atoms with Crippen molar-refractivity contribution in [2.45, 2.75) is 20.3 Å². The molecule has 0 radical (unpaired) electrons. The van der Waals surface area contributed by atoms with Crippen LogP contribution in [0.25, 0.3) is 0 Å². The van der Waals surface area contributed by atoms with Gasteiger partial charge in [0.15, 0.2) is 5.78 Å². The summed E-state index contributed by atoms with van der Waals surface area (Å²) in [6, 6.07) is 2.04. The normalized spacial score (nSPS) is 12.1. The largest absolute Gasteiger partial charge is 0.294 e. The van der Waals surface area contributed by atoms with Gasteiger partial charge in [0.2, 0.25) is 0 Å². The van der Waals surface area contributed by atoms with Gasteiger partial charge < -0.3 is 0 Å². The number of aryl methyl sites for hydroxylation is 1. The quantitative estimate of drug-likeness (QED) is 0.679. The zero-order valence-corrected chi connectivity index (χ0v) is 8.61. The third kappa shape index (κ3) is 1.99. The van der Waals surface area contributed by atoms with Crippen molar-refractivity contribution < 1.29 is 4.79 Å². The Balaban J connectivity index is 2.81. The van der Waals surface area contributed by atoms with Crippen molar-refractivity contribution in [1.82, 2.24) is 9.78 Å². The smallest absolute Gasteiger partial charge is 0.167 e. The van der Waals surface area contributed by atoms with Crippen molar-refractivity contribution in [3.8, 4) is 6.07 Å². The SMILES string of the molecule is Cc1c(C(=O)CC(C)C#N)cnn1C. The maximum Gasteiger partial charge on any atom is 0.167 e. The first-order valence-electron chi connectivity index (χ1n) is 4.47. The van der Waals surface area contributed by atoms with Crippen molar-refractivity contribution >= 4 is 5.78 Å². The summed E-state index contributed by atoms with van der Waals surface area (Å²) in [5.74, 6) is -0.244. The van der Waals surface area contributed by atoms with E-state index in [1.807, 2.05) is 13.0 Å². The summed E-state index contributed by atoms with van der Waals surface area (Å²) in [6.07, 6.45) is 1.82. The lowest BCUT2D eigenvalue weighted by Crippen LogP contribution is -2.06. The van der Waals surface area contributed by atoms with Crippen molar-refractivity contribution in [2.24, 2.45) is 13.0 Å². The third-order valence-corrected chi connectivity index (χ3v) is 2.25. The molecule has 1 rings (SSSR count). The van der Waals surface area contributed by atoms with Crippen LogP contribution in [0.1, 0.15) is 29.4 Å². The summed E-state index contributed by atoms with van der Waals surface area (Å²) in [6.45, 7) is 3.58. The minimum absolute atomic E-state index is 0.00958. The highest BCUT2D eigenvalue weighted by Gasteiger charge is 2.15. The number of ketones is 1. The summed E-state index contributed by atoms with van der Waals surface area (Å²) in [5, 5.41) is 12.6. The highest BCUT2D eigenvalue weighted by atomic mass is 16.1. The lowest BCUT2D eigenvalue weighted by atomic mass is 10.0. The number of hydrogen-bond acceptors (Lipinski definition) is 3. The van der Waals surface area contributed by atoms with Crippen molar-refractivity contribution in [3.05, 3.63) is 17.5 Å². The molecule has 14 heavy (non-hydrogen) atoms. The number of Topliss-reactive ketones (excluding diaryl/α,β-unsaturated/α-hetero) is 1. The molecular formula is C10H13N3O. The Morgan fingerprint density at radius 1 is 1.79 bits per heavy atom. The fourth-order valence-corrected chi connectivity index (χ4v) is 1.21. The second-order valence-electron chi connectivity index (χ2n) is 3.42. The number of hydrogen-bond donors (Lipinski definition) is 0. The van der Waals surface area contributed by atoms with Crippen LogP contribution in [-0.4, -0.2) is 15.6 Å². The highest BCUT2D eigenvalue weighted by molar-refractivity contribution is 5.97. The first-order valence-corrected chi connectivity index (χ1v) is 4.47. The van der Waals surface area contributed by atoms with Gasteiger partial charge in [0, 0.05) is 19.2 Å². The Morgan fingerprint density at radius 2 is 2.43 bits per heavy atom. The Morgan fingerprint density at radius 3 is 2.86 bits per heavy atom. The molecule has 0 saturated carbocycles. The molecule has 1 aromatic heterocycles. The molecule has 0 fully saturated rings. The van der Waals surface area contributed by atoms with Crippen LogP contribution in [0.15, 0.2) is 6.20 Å². The van der Waals surface area contributed by atoms with Gasteiger partial charge in [0.05, 0.1) is 23.7 Å². The first kappa shape index (κ1) is 10.5. The maximum atomic E-state index is 11.6. The second kappa shape index (κ2) is 4.05. The van der Waals surface area contributed by atoms with Crippen LogP contribution in [0, 0.1) is 24.2 Å². The fraction of sp³-hybridized carbons (Fsp3) is 0.500. The van der Waals surface area contributed by atoms with Gasteiger partial charge in [0.1, 0.15) is 0 Å². The highest BCUT2D eigenvalue weighted by Crippen LogP contribution is 2.12. The lowest BCUT2D eigenvalue weighted by Gasteiger charge is -2.01. The molecule has 4 nitrogen and oxygen atoms in total. The summed E-state index contributed by atoms with van der Waals surface area (Å²) >= 11 is 0. The van der Waals surface area contributed by atoms with Crippen LogP contribution in [0.3, 0.4) is 0 Å². The average Bonchev–Trinajstić information content (AvgIpc) is 2.47. The minimum atomic E-state index is -0.234. The first-order chi connectivity index (χ1) is 6.56. The van der Waals surface area contributed by atoms with Gasteiger partial charge in [-0.25, -0.2) is 0 Å². The summed E-state index contributed by atoms with van der Waals surface area (Å²) < 4.78 is 1.66. The van der Waals surface area contributed by atoms with Crippen LogP contribution in [0.4, 0.5) is 0 Å². The molecule has 1 unspecified atom stereocenters. The average molecular weight is 191 g/mol. The topological polar surface area (TPSA) is 58.7 Å². The van der Waals surface area contributed by atoms with E-state index in [1.54, 1.807) is 24.9 Å². The predicted molar refractivity (Wildman–Crippen MR) is 51.7 cm³/mol. The summed E-state index contributed by atoms with van der Waals surface area (Å²) in [7, 11) is 1.79. The van der Waals surface area contributed by atoms with E-state index in [1.165, 1.54) is 0 Å². The Kier molecular flexibility index (Phi) is 3.03. The van der Waals surface area contributed by atoms with Crippen LogP contribution in [-0.2, 0) is 7.05 Å². The second-order valence-corrected chi connectivity index (χ2v) is 3.42. The summed E-state index contributed by atoms with van der Waals surface area (Å²) in [5.41, 5.74) is 1.47. The number of aromatic nitrogens is 2. The zero-order valence-electron chi connectivity index (χ0n) is 8.61. The van der Waals surface area contributed by atoms with E-state index in [0.717, 1.165) is 5.69 Å². The van der Waals surface area contributed by atoms with E-state index in [2.05, 4.69) is 5.10 Å². The molecular weight excluding hydrogens is 178 g/mol. The maximum absolute atomic E-state index is 11.6. The van der Waals surface area contributed by atoms with E-state index in [9.17, 15) is 4.79 Å². The van der Waals surface area contributed by atoms with E-state index >= 15 is 0 Å². The molecule has 0 amide bonds. The van der Waals surface area contributed by atoms with Gasteiger partial charge in [-0.15, -0.1) is 0 Å². The number of nitrogens with zero attached hydrogens (tertiary/aromatic N) is 3. The van der Waals surface area contributed by atoms with Crippen molar-refractivity contribution in [1.29, 1.82) is 5.26 Å². The number of carbonyl (C=O) groups is 1. The van der Waals surface area contributed by atoms with E-state index in [-0.39, 0.29) is 18.1 Å². The number of rotatable bonds is 3. The van der Waals surface area contributed by atoms with Gasteiger partial charge in [-0.1, -0.05) is 0 Å². The van der Waals surface area contributed by atoms with Crippen LogP contribution >= 0.6 is 0 Å². The molecule has 0 aliphatic rings. The Bertz CT molecular complexity index is 387. The predicted octanol–water partition coefficient (Wildman–Crippen LogP) is 1.46.